The summed E-state index contributed by atoms with van der Waals surface area (Å²) in [6.45, 7) is 5.63. The van der Waals surface area contributed by atoms with Crippen molar-refractivity contribution in [2.24, 2.45) is 5.92 Å². The lowest BCUT2D eigenvalue weighted by Gasteiger charge is -2.28. The molecular weight excluding hydrogens is 424 g/mol. The summed E-state index contributed by atoms with van der Waals surface area (Å²) in [7, 11) is 0. The first-order valence-corrected chi connectivity index (χ1v) is 11.7. The van der Waals surface area contributed by atoms with Gasteiger partial charge in [0.25, 0.3) is 0 Å². The Morgan fingerprint density at radius 3 is 2.56 bits per heavy atom. The molecule has 0 bridgehead atoms. The molecule has 1 amide bonds. The maximum Gasteiger partial charge on any atom is 0.227 e. The minimum atomic E-state index is 0.113. The van der Waals surface area contributed by atoms with E-state index in [0.717, 1.165) is 66.9 Å². The van der Waals surface area contributed by atoms with E-state index >= 15 is 0 Å². The van der Waals surface area contributed by atoms with E-state index in [9.17, 15) is 4.79 Å². The van der Waals surface area contributed by atoms with Crippen LogP contribution in [0.25, 0.3) is 0 Å². The Hall–Kier alpha value is -3.11. The average molecular weight is 451 g/mol. The van der Waals surface area contributed by atoms with Crippen molar-refractivity contribution < 1.29 is 4.79 Å². The minimum Gasteiger partial charge on any atom is -0.354 e. The first-order valence-electron chi connectivity index (χ1n) is 10.8. The molecule has 0 spiro atoms. The van der Waals surface area contributed by atoms with E-state index < -0.39 is 0 Å². The molecule has 2 fully saturated rings. The van der Waals surface area contributed by atoms with Crippen LogP contribution in [-0.2, 0) is 4.79 Å². The van der Waals surface area contributed by atoms with Gasteiger partial charge >= 0.3 is 0 Å². The number of hydrogen-bond donors (Lipinski definition) is 4. The molecule has 1 aromatic carbocycles. The number of aromatic amines is 1. The number of H-pyrrole nitrogens is 1. The second kappa shape index (κ2) is 9.17. The molecule has 166 valence electrons. The molecule has 1 aliphatic heterocycles. The normalized spacial score (nSPS) is 16.1. The van der Waals surface area contributed by atoms with Gasteiger partial charge in [0.2, 0.25) is 5.91 Å². The quantitative estimate of drug-likeness (QED) is 0.406. The summed E-state index contributed by atoms with van der Waals surface area (Å²) in [5, 5.41) is 17.5. The van der Waals surface area contributed by atoms with Gasteiger partial charge in [0.15, 0.2) is 11.0 Å². The zero-order valence-electron chi connectivity index (χ0n) is 17.9. The minimum absolute atomic E-state index is 0.113. The van der Waals surface area contributed by atoms with E-state index in [1.807, 2.05) is 43.3 Å². The molecule has 4 N–H and O–H groups in total. The maximum absolute atomic E-state index is 12.0. The molecule has 10 heteroatoms. The summed E-state index contributed by atoms with van der Waals surface area (Å²) in [5.74, 6) is 2.62. The van der Waals surface area contributed by atoms with Gasteiger partial charge in [-0.2, -0.15) is 5.10 Å². The fourth-order valence-corrected chi connectivity index (χ4v) is 4.26. The van der Waals surface area contributed by atoms with Gasteiger partial charge in [-0.25, -0.2) is 9.97 Å². The van der Waals surface area contributed by atoms with Gasteiger partial charge < -0.3 is 20.9 Å². The van der Waals surface area contributed by atoms with Gasteiger partial charge in [0, 0.05) is 60.5 Å². The zero-order valence-corrected chi connectivity index (χ0v) is 18.7. The van der Waals surface area contributed by atoms with Crippen molar-refractivity contribution in [2.45, 2.75) is 29.8 Å². The van der Waals surface area contributed by atoms with Gasteiger partial charge in [0.1, 0.15) is 11.6 Å². The fourth-order valence-electron chi connectivity index (χ4n) is 3.49. The number of carbonyl (C=O) groups is 1. The van der Waals surface area contributed by atoms with Crippen LogP contribution in [0.2, 0.25) is 0 Å². The largest absolute Gasteiger partial charge is 0.354 e. The molecule has 0 radical (unpaired) electrons. The van der Waals surface area contributed by atoms with E-state index in [4.69, 9.17) is 9.97 Å². The summed E-state index contributed by atoms with van der Waals surface area (Å²) >= 11 is 1.50. The highest BCUT2D eigenvalue weighted by molar-refractivity contribution is 7.99. The van der Waals surface area contributed by atoms with Gasteiger partial charge in [-0.3, -0.25) is 9.89 Å². The highest BCUT2D eigenvalue weighted by Crippen LogP contribution is 2.32. The van der Waals surface area contributed by atoms with E-state index in [1.54, 1.807) is 0 Å². The highest BCUT2D eigenvalue weighted by Gasteiger charge is 2.29. The van der Waals surface area contributed by atoms with E-state index in [2.05, 4.69) is 31.0 Å². The van der Waals surface area contributed by atoms with E-state index in [0.29, 0.717) is 11.0 Å². The van der Waals surface area contributed by atoms with Crippen LogP contribution in [0, 0.1) is 12.8 Å². The van der Waals surface area contributed by atoms with Gasteiger partial charge in [-0.15, -0.1) is 0 Å². The number of anilines is 4. The number of piperazine rings is 1. The molecule has 3 aromatic rings. The average Bonchev–Trinajstić information content (AvgIpc) is 3.58. The van der Waals surface area contributed by atoms with Crippen LogP contribution in [0.5, 0.6) is 0 Å². The SMILES string of the molecule is Cc1cc(Nc2cc(N3CCNCC3)nc(Sc3ccc(NC(=O)C4CC4)cc3)n2)n[nH]1. The summed E-state index contributed by atoms with van der Waals surface area (Å²) < 4.78 is 0. The number of rotatable bonds is 7. The monoisotopic (exact) mass is 450 g/mol. The van der Waals surface area contributed by atoms with Crippen molar-refractivity contribution in [2.75, 3.05) is 41.7 Å². The number of carbonyl (C=O) groups excluding carboxylic acids is 1. The van der Waals surface area contributed by atoms with Crippen molar-refractivity contribution in [1.29, 1.82) is 0 Å². The Morgan fingerprint density at radius 2 is 1.88 bits per heavy atom. The molecule has 9 nitrogen and oxygen atoms in total. The maximum atomic E-state index is 12.0. The molecule has 0 unspecified atom stereocenters. The Kier molecular flexibility index (Phi) is 5.95. The number of aryl methyl sites for hydroxylation is 1. The first-order chi connectivity index (χ1) is 15.6. The fraction of sp³-hybridized carbons (Fsp3) is 0.364. The van der Waals surface area contributed by atoms with E-state index in [-0.39, 0.29) is 11.8 Å². The number of benzene rings is 1. The van der Waals surface area contributed by atoms with Crippen LogP contribution in [0.15, 0.2) is 46.5 Å². The molecule has 0 atom stereocenters. The predicted molar refractivity (Wildman–Crippen MR) is 126 cm³/mol. The number of nitrogens with one attached hydrogen (secondary N) is 4. The summed E-state index contributed by atoms with van der Waals surface area (Å²) in [5.41, 5.74) is 1.80. The van der Waals surface area contributed by atoms with Crippen LogP contribution in [0.1, 0.15) is 18.5 Å². The Bertz CT molecular complexity index is 1090. The molecular formula is C22H26N8OS. The Labute approximate surface area is 190 Å². The third-order valence-corrected chi connectivity index (χ3v) is 6.25. The molecule has 1 aliphatic carbocycles. The van der Waals surface area contributed by atoms with Crippen molar-refractivity contribution in [3.63, 3.8) is 0 Å². The molecule has 1 saturated carbocycles. The summed E-state index contributed by atoms with van der Waals surface area (Å²) in [4.78, 5) is 24.8. The molecule has 32 heavy (non-hydrogen) atoms. The van der Waals surface area contributed by atoms with Gasteiger partial charge in [-0.1, -0.05) is 0 Å². The van der Waals surface area contributed by atoms with Gasteiger partial charge in [-0.05, 0) is 55.8 Å². The van der Waals surface area contributed by atoms with Crippen molar-refractivity contribution in [3.05, 3.63) is 42.1 Å². The number of nitrogens with zero attached hydrogens (tertiary/aromatic N) is 4. The lowest BCUT2D eigenvalue weighted by Crippen LogP contribution is -2.44. The van der Waals surface area contributed by atoms with Crippen molar-refractivity contribution in [1.82, 2.24) is 25.5 Å². The van der Waals surface area contributed by atoms with Crippen molar-refractivity contribution >= 4 is 40.8 Å². The topological polar surface area (TPSA) is 111 Å². The molecule has 3 heterocycles. The summed E-state index contributed by atoms with van der Waals surface area (Å²) in [6, 6.07) is 11.7. The lowest BCUT2D eigenvalue weighted by atomic mass is 10.3. The Balaban J connectivity index is 1.35. The van der Waals surface area contributed by atoms with Crippen LogP contribution < -0.4 is 20.9 Å². The molecule has 2 aliphatic rings. The smallest absolute Gasteiger partial charge is 0.227 e. The first kappa shape index (κ1) is 20.8. The van der Waals surface area contributed by atoms with Crippen LogP contribution in [0.4, 0.5) is 23.1 Å². The van der Waals surface area contributed by atoms with Crippen LogP contribution in [0.3, 0.4) is 0 Å². The standard InChI is InChI=1S/C22H26N8OS/c1-14-12-19(29-28-14)25-18-13-20(30-10-8-23-9-11-30)27-22(26-18)32-17-6-4-16(5-7-17)24-21(31)15-2-3-15/h4-7,12-13,15,23H,2-3,8-11H2,1H3,(H,24,31)(H2,25,26,27,28,29). The zero-order chi connectivity index (χ0) is 21.9. The Morgan fingerprint density at radius 1 is 1.09 bits per heavy atom. The third kappa shape index (κ3) is 5.20. The molecule has 2 aromatic heterocycles. The molecule has 1 saturated heterocycles. The van der Waals surface area contributed by atoms with Gasteiger partial charge in [0.05, 0.1) is 0 Å². The summed E-state index contributed by atoms with van der Waals surface area (Å²) in [6.07, 6.45) is 1.99. The van der Waals surface area contributed by atoms with Crippen LogP contribution in [-0.4, -0.2) is 52.3 Å². The predicted octanol–water partition coefficient (Wildman–Crippen LogP) is 3.16. The lowest BCUT2D eigenvalue weighted by molar-refractivity contribution is -0.117. The second-order valence-corrected chi connectivity index (χ2v) is 9.12. The number of aromatic nitrogens is 4. The van der Waals surface area contributed by atoms with Crippen LogP contribution >= 0.6 is 11.8 Å². The highest BCUT2D eigenvalue weighted by atomic mass is 32.2. The number of hydrogen-bond acceptors (Lipinski definition) is 8. The number of amides is 1. The van der Waals surface area contributed by atoms with Crippen molar-refractivity contribution in [3.8, 4) is 0 Å². The third-order valence-electron chi connectivity index (χ3n) is 5.37. The van der Waals surface area contributed by atoms with E-state index in [1.165, 1.54) is 11.8 Å². The molecule has 5 rings (SSSR count). The second-order valence-electron chi connectivity index (χ2n) is 8.08.